The van der Waals surface area contributed by atoms with E-state index in [1.165, 1.54) is 57.3 Å². The van der Waals surface area contributed by atoms with Gasteiger partial charge in [0, 0.05) is 24.5 Å². The quantitative estimate of drug-likeness (QED) is 0.282. The van der Waals surface area contributed by atoms with Crippen LogP contribution >= 0.6 is 0 Å². The summed E-state index contributed by atoms with van der Waals surface area (Å²) in [5, 5.41) is 29.3. The molecule has 1 heterocycles. The van der Waals surface area contributed by atoms with Crippen LogP contribution in [0.4, 0.5) is 5.69 Å². The maximum absolute atomic E-state index is 9.99. The SMILES string of the molecule is Cc1cc(OCCC(C)(C)O)cc(C)c1-c1cccc(CNc2ccc3c(c2)CC2(CC2)C3Cc2nnn[n-]2)c1C.[Na+]. The number of ether oxygens (including phenoxy) is 1. The average Bonchev–Trinajstić information content (AvgIpc) is 3.36. The standard InChI is InChI=1S/C34H40N5O2.Na/c1-21-15-27(41-14-13-33(4,5)40)16-22(2)32(21)28-8-6-7-24(23(28)3)20-35-26-9-10-29-25(17-26)19-34(11-12-34)30(29)18-31-36-38-39-37-31;/h6-10,15-17,30,35,40H,11-14,18-20H2,1-5H3;/q-1;+1. The van der Waals surface area contributed by atoms with E-state index < -0.39 is 5.60 Å². The van der Waals surface area contributed by atoms with Gasteiger partial charge >= 0.3 is 29.6 Å². The monoisotopic (exact) mass is 573 g/mol. The molecule has 1 spiro atoms. The summed E-state index contributed by atoms with van der Waals surface area (Å²) in [5.41, 5.74) is 11.2. The topological polar surface area (TPSA) is 94.3 Å². The van der Waals surface area contributed by atoms with Gasteiger partial charge < -0.3 is 20.3 Å². The summed E-state index contributed by atoms with van der Waals surface area (Å²) in [6.45, 7) is 11.4. The molecule has 1 atom stereocenters. The number of benzene rings is 3. The predicted octanol–water partition coefficient (Wildman–Crippen LogP) is 3.24. The molecule has 2 aliphatic rings. The third-order valence-electron chi connectivity index (χ3n) is 9.13. The van der Waals surface area contributed by atoms with E-state index >= 15 is 0 Å². The molecule has 0 bridgehead atoms. The number of nitrogens with zero attached hydrogens (tertiary/aromatic N) is 4. The summed E-state index contributed by atoms with van der Waals surface area (Å²) in [5.74, 6) is 2.07. The molecule has 1 unspecified atom stereocenters. The smallest absolute Gasteiger partial charge is 0.493 e. The molecule has 1 saturated carbocycles. The van der Waals surface area contributed by atoms with Gasteiger partial charge in [-0.3, -0.25) is 10.3 Å². The Morgan fingerprint density at radius 2 is 1.83 bits per heavy atom. The Morgan fingerprint density at radius 1 is 1.07 bits per heavy atom. The summed E-state index contributed by atoms with van der Waals surface area (Å²) < 4.78 is 5.98. The van der Waals surface area contributed by atoms with Crippen molar-refractivity contribution in [2.75, 3.05) is 11.9 Å². The molecule has 6 rings (SSSR count). The Bertz CT molecular complexity index is 1530. The zero-order chi connectivity index (χ0) is 28.8. The first-order valence-electron chi connectivity index (χ1n) is 14.7. The van der Waals surface area contributed by atoms with Crippen LogP contribution in [0.5, 0.6) is 5.75 Å². The van der Waals surface area contributed by atoms with Crippen LogP contribution in [0.15, 0.2) is 48.5 Å². The molecule has 0 aliphatic heterocycles. The summed E-state index contributed by atoms with van der Waals surface area (Å²) in [6, 6.07) is 17.7. The molecule has 8 heteroatoms. The molecule has 2 N–H and O–H groups in total. The molecule has 0 amide bonds. The third kappa shape index (κ3) is 6.45. The number of aliphatic hydroxyl groups is 1. The number of hydrogen-bond donors (Lipinski definition) is 2. The molecular formula is C34H40N5NaO2. The molecule has 0 radical (unpaired) electrons. The van der Waals surface area contributed by atoms with Crippen molar-refractivity contribution in [1.82, 2.24) is 20.6 Å². The zero-order valence-electron chi connectivity index (χ0n) is 25.8. The van der Waals surface area contributed by atoms with Crippen molar-refractivity contribution in [2.45, 2.75) is 84.8 Å². The fourth-order valence-corrected chi connectivity index (χ4v) is 6.67. The minimum Gasteiger partial charge on any atom is -0.493 e. The molecule has 1 aromatic heterocycles. The van der Waals surface area contributed by atoms with Gasteiger partial charge in [0.1, 0.15) is 5.75 Å². The van der Waals surface area contributed by atoms with E-state index in [-0.39, 0.29) is 29.6 Å². The molecule has 0 saturated heterocycles. The van der Waals surface area contributed by atoms with Crippen LogP contribution in [-0.4, -0.2) is 32.8 Å². The second-order valence-electron chi connectivity index (χ2n) is 12.8. The minimum absolute atomic E-state index is 0. The molecule has 1 fully saturated rings. The molecular weight excluding hydrogens is 533 g/mol. The predicted molar refractivity (Wildman–Crippen MR) is 161 cm³/mol. The molecule has 42 heavy (non-hydrogen) atoms. The Balaban J connectivity index is 0.00000353. The van der Waals surface area contributed by atoms with E-state index in [2.05, 4.69) is 95.2 Å². The van der Waals surface area contributed by atoms with Gasteiger partial charge in [0.15, 0.2) is 0 Å². The first-order chi connectivity index (χ1) is 19.6. The Morgan fingerprint density at radius 3 is 2.50 bits per heavy atom. The first kappa shape index (κ1) is 30.7. The van der Waals surface area contributed by atoms with Gasteiger partial charge in [-0.25, -0.2) is 0 Å². The zero-order valence-corrected chi connectivity index (χ0v) is 27.8. The van der Waals surface area contributed by atoms with E-state index in [9.17, 15) is 5.11 Å². The maximum atomic E-state index is 9.99. The number of anilines is 1. The van der Waals surface area contributed by atoms with Gasteiger partial charge in [-0.2, -0.15) is 5.21 Å². The van der Waals surface area contributed by atoms with Gasteiger partial charge in [0.25, 0.3) is 0 Å². The maximum Gasteiger partial charge on any atom is 1.00 e. The number of aromatic nitrogens is 4. The molecule has 2 aliphatic carbocycles. The average molecular weight is 574 g/mol. The summed E-state index contributed by atoms with van der Waals surface area (Å²) in [7, 11) is 0. The van der Waals surface area contributed by atoms with E-state index in [4.69, 9.17) is 4.74 Å². The first-order valence-corrected chi connectivity index (χ1v) is 14.7. The summed E-state index contributed by atoms with van der Waals surface area (Å²) in [6.07, 6.45) is 5.09. The largest absolute Gasteiger partial charge is 1.00 e. The number of hydrogen-bond acceptors (Lipinski definition) is 6. The second-order valence-corrected chi connectivity index (χ2v) is 12.8. The van der Waals surface area contributed by atoms with E-state index in [1.54, 1.807) is 0 Å². The van der Waals surface area contributed by atoms with Crippen LogP contribution in [0.1, 0.15) is 78.2 Å². The van der Waals surface area contributed by atoms with Gasteiger partial charge in [-0.05, 0) is 140 Å². The van der Waals surface area contributed by atoms with Crippen LogP contribution < -0.4 is 44.7 Å². The Kier molecular flexibility index (Phi) is 8.87. The van der Waals surface area contributed by atoms with E-state index in [0.717, 1.165) is 36.6 Å². The summed E-state index contributed by atoms with van der Waals surface area (Å²) in [4.78, 5) is 0. The van der Waals surface area contributed by atoms with E-state index in [1.807, 2.05) is 13.8 Å². The van der Waals surface area contributed by atoms with Crippen LogP contribution in [0.3, 0.4) is 0 Å². The minimum atomic E-state index is -0.730. The van der Waals surface area contributed by atoms with Crippen LogP contribution in [-0.2, 0) is 19.4 Å². The van der Waals surface area contributed by atoms with Crippen molar-refractivity contribution in [3.63, 3.8) is 0 Å². The van der Waals surface area contributed by atoms with Crippen LogP contribution in [0.2, 0.25) is 0 Å². The fourth-order valence-electron chi connectivity index (χ4n) is 6.67. The van der Waals surface area contributed by atoms with Crippen molar-refractivity contribution >= 4 is 5.69 Å². The number of fused-ring (bicyclic) bond motifs is 1. The fraction of sp³-hybridized carbons (Fsp3) is 0.441. The Labute approximate surface area is 271 Å². The molecule has 214 valence electrons. The van der Waals surface area contributed by atoms with Crippen molar-refractivity contribution in [2.24, 2.45) is 5.41 Å². The van der Waals surface area contributed by atoms with Gasteiger partial charge in [0.2, 0.25) is 0 Å². The van der Waals surface area contributed by atoms with Crippen molar-refractivity contribution in [3.05, 3.63) is 87.7 Å². The van der Waals surface area contributed by atoms with Crippen molar-refractivity contribution in [3.8, 4) is 16.9 Å². The molecule has 4 aromatic rings. The number of rotatable bonds is 10. The normalized spacial score (nSPS) is 16.7. The molecule has 7 nitrogen and oxygen atoms in total. The number of tetrazole rings is 1. The van der Waals surface area contributed by atoms with Gasteiger partial charge in [-0.15, -0.1) is 0 Å². The van der Waals surface area contributed by atoms with Gasteiger partial charge in [0.05, 0.1) is 12.2 Å². The van der Waals surface area contributed by atoms with Gasteiger partial charge in [-0.1, -0.05) is 24.3 Å². The van der Waals surface area contributed by atoms with Crippen LogP contribution in [0, 0.1) is 26.2 Å². The van der Waals surface area contributed by atoms with E-state index in [0.29, 0.717) is 24.4 Å². The summed E-state index contributed by atoms with van der Waals surface area (Å²) >= 11 is 0. The van der Waals surface area contributed by atoms with Crippen molar-refractivity contribution < 1.29 is 39.4 Å². The third-order valence-corrected chi connectivity index (χ3v) is 9.13. The van der Waals surface area contributed by atoms with Crippen LogP contribution in [0.25, 0.3) is 11.1 Å². The van der Waals surface area contributed by atoms with Crippen molar-refractivity contribution in [1.29, 1.82) is 0 Å². The number of aryl methyl sites for hydroxylation is 2. The molecule has 3 aromatic carbocycles. The number of nitrogens with one attached hydrogen (secondary N) is 1. The Hall–Kier alpha value is -2.71. The second kappa shape index (κ2) is 12.1.